The van der Waals surface area contributed by atoms with Crippen molar-refractivity contribution in [3.63, 3.8) is 0 Å². The molecule has 2 heterocycles. The van der Waals surface area contributed by atoms with E-state index in [1.807, 2.05) is 25.2 Å². The molecule has 1 N–H and O–H groups in total. The third kappa shape index (κ3) is 3.13. The monoisotopic (exact) mass is 360 g/mol. The highest BCUT2D eigenvalue weighted by atomic mass is 16.6. The van der Waals surface area contributed by atoms with Gasteiger partial charge in [-0.05, 0) is 44.4 Å². The molecule has 2 aliphatic heterocycles. The first-order valence-electron chi connectivity index (χ1n) is 9.57. The Hall–Kier alpha value is -1.88. The molecule has 3 rings (SSSR count). The Morgan fingerprint density at radius 2 is 2.15 bits per heavy atom. The minimum atomic E-state index is -1.19. The number of allylic oxidation sites excluding steroid dienone is 4. The number of fused-ring (bicyclic) bond motifs is 1. The van der Waals surface area contributed by atoms with E-state index < -0.39 is 23.6 Å². The highest BCUT2D eigenvalue weighted by molar-refractivity contribution is 6.07. The summed E-state index contributed by atoms with van der Waals surface area (Å²) in [6.07, 6.45) is 8.88. The molecule has 0 aromatic heterocycles. The van der Waals surface area contributed by atoms with Crippen LogP contribution in [0.1, 0.15) is 52.9 Å². The van der Waals surface area contributed by atoms with Gasteiger partial charge in [-0.3, -0.25) is 9.59 Å². The van der Waals surface area contributed by atoms with Crippen LogP contribution in [0.15, 0.2) is 35.1 Å². The van der Waals surface area contributed by atoms with Gasteiger partial charge in [-0.1, -0.05) is 32.3 Å². The molecule has 0 amide bonds. The van der Waals surface area contributed by atoms with Gasteiger partial charge in [0.15, 0.2) is 5.60 Å². The van der Waals surface area contributed by atoms with Crippen molar-refractivity contribution in [1.29, 1.82) is 0 Å². The molecule has 4 atom stereocenters. The fraction of sp³-hybridized carbons (Fsp3) is 0.619. The minimum Gasteiger partial charge on any atom is -0.489 e. The standard InChI is InChI=1S/C21H28O5/c1-4-6-7-9-17(22)18-16-11-13-10-14(8-5-2)25-12-15(13)19(23)21(16,3)26-20(18)24/h5,8,10,16-18,22H,4,6-7,9,11-12H2,1-3H3/t16-,17+,18+,21-/m1/s1. The third-order valence-corrected chi connectivity index (χ3v) is 5.83. The van der Waals surface area contributed by atoms with Crippen molar-refractivity contribution in [2.24, 2.45) is 11.8 Å². The van der Waals surface area contributed by atoms with E-state index in [4.69, 9.17) is 9.47 Å². The van der Waals surface area contributed by atoms with Gasteiger partial charge >= 0.3 is 5.97 Å². The van der Waals surface area contributed by atoms with Crippen LogP contribution in [0.2, 0.25) is 0 Å². The Labute approximate surface area is 154 Å². The highest BCUT2D eigenvalue weighted by Crippen LogP contribution is 2.49. The Balaban J connectivity index is 1.88. The third-order valence-electron chi connectivity index (χ3n) is 5.83. The molecule has 142 valence electrons. The lowest BCUT2D eigenvalue weighted by molar-refractivity contribution is -0.158. The van der Waals surface area contributed by atoms with Crippen molar-refractivity contribution in [1.82, 2.24) is 0 Å². The predicted molar refractivity (Wildman–Crippen MR) is 97.1 cm³/mol. The molecule has 5 nitrogen and oxygen atoms in total. The molecule has 0 aromatic carbocycles. The van der Waals surface area contributed by atoms with Gasteiger partial charge in [0, 0.05) is 11.5 Å². The largest absolute Gasteiger partial charge is 0.489 e. The van der Waals surface area contributed by atoms with Crippen LogP contribution < -0.4 is 0 Å². The Kier molecular flexibility index (Phi) is 5.37. The maximum Gasteiger partial charge on any atom is 0.313 e. The van der Waals surface area contributed by atoms with Gasteiger partial charge in [0.05, 0.1) is 12.0 Å². The van der Waals surface area contributed by atoms with E-state index in [0.29, 0.717) is 24.2 Å². The Morgan fingerprint density at radius 1 is 1.38 bits per heavy atom. The number of hydrogen-bond acceptors (Lipinski definition) is 5. The lowest BCUT2D eigenvalue weighted by Crippen LogP contribution is -2.48. The van der Waals surface area contributed by atoms with Crippen molar-refractivity contribution in [3.05, 3.63) is 35.1 Å². The predicted octanol–water partition coefficient (Wildman–Crippen LogP) is 3.24. The summed E-state index contributed by atoms with van der Waals surface area (Å²) in [6.45, 7) is 5.89. The van der Waals surface area contributed by atoms with Crippen LogP contribution in [-0.2, 0) is 19.1 Å². The van der Waals surface area contributed by atoms with E-state index in [2.05, 4.69) is 6.92 Å². The van der Waals surface area contributed by atoms with Gasteiger partial charge < -0.3 is 14.6 Å². The van der Waals surface area contributed by atoms with E-state index in [1.165, 1.54) is 0 Å². The summed E-state index contributed by atoms with van der Waals surface area (Å²) in [5.41, 5.74) is 0.300. The average Bonchev–Trinajstić information content (AvgIpc) is 2.86. The molecule has 0 spiro atoms. The van der Waals surface area contributed by atoms with Crippen LogP contribution >= 0.6 is 0 Å². The van der Waals surface area contributed by atoms with Gasteiger partial charge in [0.1, 0.15) is 12.4 Å². The van der Waals surface area contributed by atoms with Crippen molar-refractivity contribution in [3.8, 4) is 0 Å². The molecular weight excluding hydrogens is 332 g/mol. The molecule has 0 saturated carbocycles. The van der Waals surface area contributed by atoms with Gasteiger partial charge in [0.2, 0.25) is 5.78 Å². The normalized spacial score (nSPS) is 32.1. The van der Waals surface area contributed by atoms with Crippen LogP contribution in [0.4, 0.5) is 0 Å². The second kappa shape index (κ2) is 7.39. The Morgan fingerprint density at radius 3 is 2.85 bits per heavy atom. The number of carbonyl (C=O) groups excluding carboxylic acids is 2. The second-order valence-corrected chi connectivity index (χ2v) is 7.60. The number of hydrogen-bond donors (Lipinski definition) is 1. The molecular formula is C21H28O5. The Bertz CT molecular complexity index is 687. The molecule has 26 heavy (non-hydrogen) atoms. The second-order valence-electron chi connectivity index (χ2n) is 7.60. The summed E-state index contributed by atoms with van der Waals surface area (Å²) < 4.78 is 11.2. The first kappa shape index (κ1) is 18.9. The molecule has 0 radical (unpaired) electrons. The number of esters is 1. The van der Waals surface area contributed by atoms with Crippen molar-refractivity contribution >= 4 is 11.8 Å². The van der Waals surface area contributed by atoms with E-state index in [9.17, 15) is 14.7 Å². The van der Waals surface area contributed by atoms with Crippen LogP contribution in [0.3, 0.4) is 0 Å². The van der Waals surface area contributed by atoms with Gasteiger partial charge in [-0.25, -0.2) is 0 Å². The van der Waals surface area contributed by atoms with Crippen molar-refractivity contribution in [2.45, 2.75) is 64.6 Å². The summed E-state index contributed by atoms with van der Waals surface area (Å²) in [7, 11) is 0. The zero-order valence-corrected chi connectivity index (χ0v) is 15.8. The van der Waals surface area contributed by atoms with Crippen LogP contribution in [-0.4, -0.2) is 35.2 Å². The SMILES string of the molecule is CC=CC1=CC2=C(CO1)C(=O)[C@]1(C)OC(=O)[C@H]([C@@H](O)CCCCC)[C@H]1C2. The molecule has 5 heteroatoms. The first-order chi connectivity index (χ1) is 12.4. The summed E-state index contributed by atoms with van der Waals surface area (Å²) in [5.74, 6) is -0.896. The number of aliphatic hydroxyl groups is 1. The maximum absolute atomic E-state index is 13.1. The van der Waals surface area contributed by atoms with E-state index in [-0.39, 0.29) is 18.3 Å². The van der Waals surface area contributed by atoms with E-state index in [0.717, 1.165) is 24.8 Å². The fourth-order valence-corrected chi connectivity index (χ4v) is 4.34. The number of unbranched alkanes of at least 4 members (excludes halogenated alkanes) is 2. The van der Waals surface area contributed by atoms with Gasteiger partial charge in [0.25, 0.3) is 0 Å². The summed E-state index contributed by atoms with van der Waals surface area (Å²) in [4.78, 5) is 25.6. The summed E-state index contributed by atoms with van der Waals surface area (Å²) >= 11 is 0. The number of carbonyl (C=O) groups is 2. The molecule has 1 fully saturated rings. The summed E-state index contributed by atoms with van der Waals surface area (Å²) in [5, 5.41) is 10.6. The lowest BCUT2D eigenvalue weighted by Gasteiger charge is -2.37. The topological polar surface area (TPSA) is 72.8 Å². The van der Waals surface area contributed by atoms with Crippen LogP contribution in [0.25, 0.3) is 0 Å². The zero-order valence-electron chi connectivity index (χ0n) is 15.8. The molecule has 0 bridgehead atoms. The fourth-order valence-electron chi connectivity index (χ4n) is 4.34. The number of ketones is 1. The van der Waals surface area contributed by atoms with Crippen molar-refractivity contribution < 1.29 is 24.2 Å². The van der Waals surface area contributed by atoms with Crippen LogP contribution in [0.5, 0.6) is 0 Å². The number of ether oxygens (including phenoxy) is 2. The molecule has 0 aromatic rings. The van der Waals surface area contributed by atoms with Gasteiger partial charge in [-0.15, -0.1) is 0 Å². The maximum atomic E-state index is 13.1. The molecule has 3 aliphatic rings. The number of rotatable bonds is 6. The number of aliphatic hydroxyl groups excluding tert-OH is 1. The van der Waals surface area contributed by atoms with E-state index in [1.54, 1.807) is 6.92 Å². The quantitative estimate of drug-likeness (QED) is 0.581. The molecule has 1 saturated heterocycles. The summed E-state index contributed by atoms with van der Waals surface area (Å²) in [6, 6.07) is 0. The van der Waals surface area contributed by atoms with Crippen LogP contribution in [0, 0.1) is 11.8 Å². The highest BCUT2D eigenvalue weighted by Gasteiger charge is 2.61. The smallest absolute Gasteiger partial charge is 0.313 e. The number of Topliss-reactive ketones (excluding diaryl/α,β-unsaturated/α-hetero) is 1. The first-order valence-corrected chi connectivity index (χ1v) is 9.57. The molecule has 1 aliphatic carbocycles. The molecule has 0 unspecified atom stereocenters. The average molecular weight is 360 g/mol. The lowest BCUT2D eigenvalue weighted by atomic mass is 9.67. The van der Waals surface area contributed by atoms with E-state index >= 15 is 0 Å². The minimum absolute atomic E-state index is 0.184. The van der Waals surface area contributed by atoms with Crippen molar-refractivity contribution in [2.75, 3.05) is 6.61 Å². The van der Waals surface area contributed by atoms with Gasteiger partial charge in [-0.2, -0.15) is 0 Å². The zero-order chi connectivity index (χ0) is 18.9.